The van der Waals surface area contributed by atoms with E-state index in [4.69, 9.17) is 34.2 Å². The van der Waals surface area contributed by atoms with Gasteiger partial charge in [0.1, 0.15) is 0 Å². The van der Waals surface area contributed by atoms with E-state index in [0.717, 1.165) is 5.56 Å². The molecule has 0 aromatic heterocycles. The maximum atomic E-state index is 12.0. The molecule has 2 aromatic carbocycles. The van der Waals surface area contributed by atoms with Gasteiger partial charge in [0, 0.05) is 0 Å². The van der Waals surface area contributed by atoms with Crippen LogP contribution >= 0.6 is 23.2 Å². The Hall–Kier alpha value is -2.22. The van der Waals surface area contributed by atoms with Crippen LogP contribution in [0.4, 0.5) is 11.4 Å². The smallest absolute Gasteiger partial charge is 0.228 e. The second kappa shape index (κ2) is 6.49. The molecule has 0 spiro atoms. The largest absolute Gasteiger partial charge is 0.397 e. The second-order valence-electron chi connectivity index (χ2n) is 4.39. The van der Waals surface area contributed by atoms with Crippen molar-refractivity contribution >= 4 is 40.5 Å². The number of nitrogen functional groups attached to an aromatic ring is 1. The van der Waals surface area contributed by atoms with Crippen LogP contribution < -0.4 is 11.1 Å². The summed E-state index contributed by atoms with van der Waals surface area (Å²) in [5.74, 6) is -0.232. The molecule has 0 aliphatic heterocycles. The second-order valence-corrected chi connectivity index (χ2v) is 5.20. The molecule has 0 aliphatic rings. The van der Waals surface area contributed by atoms with Crippen LogP contribution in [0.25, 0.3) is 0 Å². The van der Waals surface area contributed by atoms with Crippen molar-refractivity contribution in [2.45, 2.75) is 6.42 Å². The van der Waals surface area contributed by atoms with E-state index in [1.165, 1.54) is 6.07 Å². The summed E-state index contributed by atoms with van der Waals surface area (Å²) in [7, 11) is 0. The van der Waals surface area contributed by atoms with Gasteiger partial charge in [-0.1, -0.05) is 29.3 Å². The fraction of sp³-hybridized carbons (Fsp3) is 0.0667. The van der Waals surface area contributed by atoms with Crippen LogP contribution in [0.1, 0.15) is 11.1 Å². The molecular weight excluding hydrogens is 309 g/mol. The molecular formula is C15H11Cl2N3O. The van der Waals surface area contributed by atoms with Crippen LogP contribution in [0.3, 0.4) is 0 Å². The molecule has 0 aliphatic carbocycles. The van der Waals surface area contributed by atoms with Gasteiger partial charge in [0.2, 0.25) is 5.91 Å². The predicted octanol–water partition coefficient (Wildman–Crippen LogP) is 3.63. The molecule has 0 unspecified atom stereocenters. The third-order valence-corrected chi connectivity index (χ3v) is 3.54. The number of nitriles is 1. The minimum Gasteiger partial charge on any atom is -0.397 e. The van der Waals surface area contributed by atoms with Crippen molar-refractivity contribution in [3.8, 4) is 6.07 Å². The lowest BCUT2D eigenvalue weighted by Gasteiger charge is -2.09. The van der Waals surface area contributed by atoms with Gasteiger partial charge in [-0.2, -0.15) is 5.26 Å². The summed E-state index contributed by atoms with van der Waals surface area (Å²) in [5, 5.41) is 12.3. The lowest BCUT2D eigenvalue weighted by molar-refractivity contribution is -0.115. The van der Waals surface area contributed by atoms with Crippen LogP contribution in [0, 0.1) is 11.3 Å². The molecule has 0 bridgehead atoms. The Morgan fingerprint density at radius 1 is 1.19 bits per heavy atom. The Morgan fingerprint density at radius 3 is 2.57 bits per heavy atom. The van der Waals surface area contributed by atoms with Crippen molar-refractivity contribution in [2.24, 2.45) is 0 Å². The van der Waals surface area contributed by atoms with E-state index in [-0.39, 0.29) is 12.3 Å². The van der Waals surface area contributed by atoms with Crippen molar-refractivity contribution in [2.75, 3.05) is 11.1 Å². The number of nitrogens with two attached hydrogens (primary N) is 1. The average Bonchev–Trinajstić information content (AvgIpc) is 2.45. The Bertz CT molecular complexity index is 738. The molecule has 2 aromatic rings. The topological polar surface area (TPSA) is 78.9 Å². The average molecular weight is 320 g/mol. The molecule has 3 N–H and O–H groups in total. The van der Waals surface area contributed by atoms with Gasteiger partial charge in [-0.05, 0) is 35.9 Å². The lowest BCUT2D eigenvalue weighted by Crippen LogP contribution is -2.15. The minimum atomic E-state index is -0.232. The van der Waals surface area contributed by atoms with Gasteiger partial charge >= 0.3 is 0 Å². The van der Waals surface area contributed by atoms with Gasteiger partial charge in [0.05, 0.1) is 39.5 Å². The van der Waals surface area contributed by atoms with Gasteiger partial charge < -0.3 is 11.1 Å². The van der Waals surface area contributed by atoms with E-state index in [1.54, 1.807) is 30.3 Å². The van der Waals surface area contributed by atoms with Crippen LogP contribution in [0.5, 0.6) is 0 Å². The molecule has 4 nitrogen and oxygen atoms in total. The molecule has 0 atom stereocenters. The first-order chi connectivity index (χ1) is 9.99. The minimum absolute atomic E-state index is 0.149. The van der Waals surface area contributed by atoms with E-state index in [2.05, 4.69) is 5.32 Å². The summed E-state index contributed by atoms with van der Waals surface area (Å²) >= 11 is 11.7. The van der Waals surface area contributed by atoms with Gasteiger partial charge in [-0.3, -0.25) is 4.79 Å². The molecule has 0 fully saturated rings. The monoisotopic (exact) mass is 319 g/mol. The number of rotatable bonds is 3. The van der Waals surface area contributed by atoms with Crippen molar-refractivity contribution in [1.82, 2.24) is 0 Å². The number of hydrogen-bond donors (Lipinski definition) is 2. The predicted molar refractivity (Wildman–Crippen MR) is 84.4 cm³/mol. The first-order valence-corrected chi connectivity index (χ1v) is 6.78. The summed E-state index contributed by atoms with van der Waals surface area (Å²) < 4.78 is 0. The van der Waals surface area contributed by atoms with Crippen LogP contribution in [-0.2, 0) is 11.2 Å². The first-order valence-electron chi connectivity index (χ1n) is 6.03. The van der Waals surface area contributed by atoms with E-state index in [1.807, 2.05) is 6.07 Å². The SMILES string of the molecule is N#Cc1ccc(NC(=O)Cc2ccc(Cl)c(Cl)c2)c(N)c1. The zero-order chi connectivity index (χ0) is 15.4. The molecule has 6 heteroatoms. The molecule has 106 valence electrons. The number of carbonyl (C=O) groups is 1. The van der Waals surface area contributed by atoms with E-state index in [0.29, 0.717) is 27.0 Å². The van der Waals surface area contributed by atoms with Crippen LogP contribution in [0.2, 0.25) is 10.0 Å². The molecule has 0 saturated carbocycles. The summed E-state index contributed by atoms with van der Waals surface area (Å²) in [6.07, 6.45) is 0.149. The number of nitrogens with one attached hydrogen (secondary N) is 1. The molecule has 1 amide bonds. The van der Waals surface area contributed by atoms with E-state index in [9.17, 15) is 4.79 Å². The maximum absolute atomic E-state index is 12.0. The van der Waals surface area contributed by atoms with Crippen molar-refractivity contribution < 1.29 is 4.79 Å². The standard InChI is InChI=1S/C15H11Cl2N3O/c16-11-3-1-9(5-12(11)17)7-15(21)20-14-4-2-10(8-18)6-13(14)19/h1-6H,7,19H2,(H,20,21). The number of benzene rings is 2. The first kappa shape index (κ1) is 15.2. The summed E-state index contributed by atoms with van der Waals surface area (Å²) in [6, 6.07) is 11.7. The van der Waals surface area contributed by atoms with Crippen LogP contribution in [-0.4, -0.2) is 5.91 Å². The van der Waals surface area contributed by atoms with Gasteiger partial charge in [0.25, 0.3) is 0 Å². The Labute approximate surface area is 132 Å². The number of amides is 1. The zero-order valence-electron chi connectivity index (χ0n) is 10.9. The number of anilines is 2. The Kier molecular flexibility index (Phi) is 4.69. The van der Waals surface area contributed by atoms with Gasteiger partial charge in [-0.25, -0.2) is 0 Å². The Balaban J connectivity index is 2.08. The molecule has 0 saturated heterocycles. The fourth-order valence-electron chi connectivity index (χ4n) is 1.78. The molecule has 0 radical (unpaired) electrons. The highest BCUT2D eigenvalue weighted by Crippen LogP contribution is 2.23. The maximum Gasteiger partial charge on any atom is 0.228 e. The fourth-order valence-corrected chi connectivity index (χ4v) is 2.10. The highest BCUT2D eigenvalue weighted by molar-refractivity contribution is 6.42. The third kappa shape index (κ3) is 3.88. The summed E-state index contributed by atoms with van der Waals surface area (Å²) in [4.78, 5) is 12.0. The number of carbonyl (C=O) groups excluding carboxylic acids is 1. The Morgan fingerprint density at radius 2 is 1.95 bits per heavy atom. The highest BCUT2D eigenvalue weighted by atomic mass is 35.5. The quantitative estimate of drug-likeness (QED) is 0.848. The molecule has 0 heterocycles. The van der Waals surface area contributed by atoms with Crippen molar-refractivity contribution in [1.29, 1.82) is 5.26 Å². The van der Waals surface area contributed by atoms with Crippen molar-refractivity contribution in [3.05, 3.63) is 57.6 Å². The normalized spacial score (nSPS) is 9.95. The third-order valence-electron chi connectivity index (χ3n) is 2.80. The summed E-state index contributed by atoms with van der Waals surface area (Å²) in [6.45, 7) is 0. The van der Waals surface area contributed by atoms with E-state index < -0.39 is 0 Å². The molecule has 2 rings (SSSR count). The summed E-state index contributed by atoms with van der Waals surface area (Å²) in [5.41, 5.74) is 7.78. The van der Waals surface area contributed by atoms with Crippen molar-refractivity contribution in [3.63, 3.8) is 0 Å². The zero-order valence-corrected chi connectivity index (χ0v) is 12.4. The highest BCUT2D eigenvalue weighted by Gasteiger charge is 2.08. The number of hydrogen-bond acceptors (Lipinski definition) is 3. The number of halogens is 2. The van der Waals surface area contributed by atoms with Crippen LogP contribution in [0.15, 0.2) is 36.4 Å². The van der Waals surface area contributed by atoms with Gasteiger partial charge in [-0.15, -0.1) is 0 Å². The molecule has 21 heavy (non-hydrogen) atoms. The van der Waals surface area contributed by atoms with E-state index >= 15 is 0 Å². The number of nitrogens with zero attached hydrogens (tertiary/aromatic N) is 1. The lowest BCUT2D eigenvalue weighted by atomic mass is 10.1. The van der Waals surface area contributed by atoms with Gasteiger partial charge in [0.15, 0.2) is 0 Å².